The zero-order chi connectivity index (χ0) is 25.5. The van der Waals surface area contributed by atoms with E-state index in [1.54, 1.807) is 18.6 Å². The zero-order valence-corrected chi connectivity index (χ0v) is 21.1. The van der Waals surface area contributed by atoms with Gasteiger partial charge in [-0.25, -0.2) is 9.97 Å². The van der Waals surface area contributed by atoms with E-state index in [0.717, 1.165) is 76.6 Å². The molecule has 0 amide bonds. The number of aromatic amines is 2. The van der Waals surface area contributed by atoms with Gasteiger partial charge in [-0.05, 0) is 31.2 Å². The van der Waals surface area contributed by atoms with Crippen LogP contribution in [0.2, 0.25) is 0 Å². The van der Waals surface area contributed by atoms with Crippen molar-refractivity contribution in [3.8, 4) is 22.8 Å². The Balaban J connectivity index is 1.36. The third-order valence-electron chi connectivity index (χ3n) is 6.84. The van der Waals surface area contributed by atoms with Gasteiger partial charge in [-0.3, -0.25) is 15.1 Å². The first-order valence-corrected chi connectivity index (χ1v) is 12.5. The van der Waals surface area contributed by atoms with Crippen LogP contribution < -0.4 is 10.2 Å². The van der Waals surface area contributed by atoms with E-state index in [9.17, 15) is 5.11 Å². The van der Waals surface area contributed by atoms with E-state index >= 15 is 0 Å². The molecule has 1 aliphatic heterocycles. The molecule has 1 aliphatic rings. The number of hydrogen-bond acceptors (Lipinski definition) is 9. The Morgan fingerprint density at radius 1 is 1.03 bits per heavy atom. The van der Waals surface area contributed by atoms with Crippen LogP contribution in [0.25, 0.3) is 44.7 Å². The second-order valence-electron chi connectivity index (χ2n) is 9.89. The lowest BCUT2D eigenvalue weighted by molar-refractivity contribution is 0.153. The van der Waals surface area contributed by atoms with Crippen molar-refractivity contribution in [2.75, 3.05) is 43.4 Å². The molecule has 6 heterocycles. The van der Waals surface area contributed by atoms with Gasteiger partial charge in [0.1, 0.15) is 17.4 Å². The summed E-state index contributed by atoms with van der Waals surface area (Å²) in [6.45, 7) is 7.73. The lowest BCUT2D eigenvalue weighted by Crippen LogP contribution is -2.44. The fourth-order valence-electron chi connectivity index (χ4n) is 4.53. The van der Waals surface area contributed by atoms with Crippen molar-refractivity contribution in [3.63, 3.8) is 0 Å². The van der Waals surface area contributed by atoms with Crippen LogP contribution in [0.5, 0.6) is 0 Å². The highest BCUT2D eigenvalue weighted by Gasteiger charge is 2.21. The summed E-state index contributed by atoms with van der Waals surface area (Å²) in [5.74, 6) is 1.65. The highest BCUT2D eigenvalue weighted by atomic mass is 16.3. The Hall–Kier alpha value is -4.09. The largest absolute Gasteiger partial charge is 0.374 e. The van der Waals surface area contributed by atoms with E-state index in [-0.39, 0.29) is 5.92 Å². The predicted molar refractivity (Wildman–Crippen MR) is 144 cm³/mol. The molecule has 6 rings (SSSR count). The summed E-state index contributed by atoms with van der Waals surface area (Å²) < 4.78 is 0. The molecule has 0 aromatic carbocycles. The van der Waals surface area contributed by atoms with E-state index in [4.69, 9.17) is 4.98 Å². The lowest BCUT2D eigenvalue weighted by atomic mass is 10.1. The Bertz CT molecular complexity index is 1550. The van der Waals surface area contributed by atoms with Gasteiger partial charge in [0.25, 0.3) is 0 Å². The van der Waals surface area contributed by atoms with Crippen molar-refractivity contribution in [2.45, 2.75) is 20.1 Å². The number of piperazine rings is 1. The predicted octanol–water partition coefficient (Wildman–Crippen LogP) is 3.10. The van der Waals surface area contributed by atoms with Crippen LogP contribution in [0.1, 0.15) is 13.8 Å². The summed E-state index contributed by atoms with van der Waals surface area (Å²) in [4.78, 5) is 26.6. The monoisotopic (exact) mass is 498 g/mol. The molecule has 1 atom stereocenters. The van der Waals surface area contributed by atoms with Crippen LogP contribution in [-0.4, -0.2) is 84.6 Å². The van der Waals surface area contributed by atoms with E-state index in [0.29, 0.717) is 5.82 Å². The average Bonchev–Trinajstić information content (AvgIpc) is 3.53. The normalized spacial score (nSPS) is 15.6. The third-order valence-corrected chi connectivity index (χ3v) is 6.84. The number of aromatic nitrogens is 7. The minimum absolute atomic E-state index is 0.0717. The molecule has 4 N–H and O–H groups in total. The van der Waals surface area contributed by atoms with Crippen molar-refractivity contribution in [3.05, 3.63) is 43.0 Å². The minimum Gasteiger partial charge on any atom is -0.374 e. The number of rotatable bonds is 6. The van der Waals surface area contributed by atoms with Crippen LogP contribution in [0.3, 0.4) is 0 Å². The van der Waals surface area contributed by atoms with E-state index in [1.165, 1.54) is 0 Å². The summed E-state index contributed by atoms with van der Waals surface area (Å²) >= 11 is 0. The maximum Gasteiger partial charge on any atom is 0.159 e. The van der Waals surface area contributed by atoms with Gasteiger partial charge >= 0.3 is 0 Å². The molecule has 0 bridgehead atoms. The Labute approximate surface area is 214 Å². The topological polar surface area (TPSA) is 135 Å². The average molecular weight is 499 g/mol. The van der Waals surface area contributed by atoms with Crippen molar-refractivity contribution >= 4 is 33.4 Å². The number of likely N-dealkylation sites (N-methyl/N-ethyl adjacent to an activating group) is 1. The molecule has 5 aromatic rings. The van der Waals surface area contributed by atoms with Gasteiger partial charge in [0.2, 0.25) is 0 Å². The fraction of sp³-hybridized carbons (Fsp3) is 0.346. The number of nitrogens with one attached hydrogen (secondary N) is 3. The van der Waals surface area contributed by atoms with Crippen LogP contribution in [-0.2, 0) is 0 Å². The van der Waals surface area contributed by atoms with Gasteiger partial charge < -0.3 is 25.2 Å². The first-order chi connectivity index (χ1) is 18.0. The molecule has 5 aromatic heterocycles. The number of imidazole rings is 1. The Morgan fingerprint density at radius 3 is 2.68 bits per heavy atom. The molecule has 0 radical (unpaired) electrons. The molecule has 11 heteroatoms. The molecule has 1 fully saturated rings. The van der Waals surface area contributed by atoms with Crippen LogP contribution >= 0.6 is 0 Å². The molecule has 1 saturated heterocycles. The van der Waals surface area contributed by atoms with E-state index in [2.05, 4.69) is 52.3 Å². The second-order valence-corrected chi connectivity index (χ2v) is 9.89. The number of aliphatic hydroxyl groups is 1. The maximum atomic E-state index is 10.2. The number of anilines is 2. The number of aliphatic hydroxyl groups excluding tert-OH is 1. The first kappa shape index (κ1) is 23.3. The van der Waals surface area contributed by atoms with Crippen molar-refractivity contribution in [2.24, 2.45) is 5.92 Å². The Kier molecular flexibility index (Phi) is 5.93. The number of pyridine rings is 3. The van der Waals surface area contributed by atoms with Gasteiger partial charge in [-0.1, -0.05) is 13.8 Å². The maximum absolute atomic E-state index is 10.2. The van der Waals surface area contributed by atoms with Crippen molar-refractivity contribution in [1.82, 2.24) is 40.0 Å². The summed E-state index contributed by atoms with van der Waals surface area (Å²) in [6.07, 6.45) is 6.39. The first-order valence-electron chi connectivity index (χ1n) is 12.5. The highest BCUT2D eigenvalue weighted by Crippen LogP contribution is 2.31. The SMILES string of the molecule is CC(C)C(O)Nc1cncc(-c2cc3c(-c4nc5c(N6CCN(C)CC6)nccc5[nH]4)n[nH]c3cn2)c1. The van der Waals surface area contributed by atoms with Gasteiger partial charge in [-0.2, -0.15) is 5.10 Å². The molecule has 190 valence electrons. The van der Waals surface area contributed by atoms with Gasteiger partial charge in [0, 0.05) is 49.5 Å². The standard InChI is InChI=1S/C26H30N10O/c1-15(2)26(37)30-17-10-16(12-27-13-17)20-11-18-21(14-29-20)33-34-22(18)24-31-19-4-5-28-25(23(19)32-24)36-8-6-35(3)7-9-36/h4-5,10-15,26,30,37H,6-9H2,1-3H3,(H,31,32)(H,33,34). The van der Waals surface area contributed by atoms with Crippen LogP contribution in [0.4, 0.5) is 11.5 Å². The van der Waals surface area contributed by atoms with Gasteiger partial charge in [0.15, 0.2) is 11.6 Å². The molecular weight excluding hydrogens is 468 g/mol. The van der Waals surface area contributed by atoms with E-state index in [1.807, 2.05) is 38.2 Å². The van der Waals surface area contributed by atoms with E-state index < -0.39 is 6.23 Å². The summed E-state index contributed by atoms with van der Waals surface area (Å²) in [5.41, 5.74) is 5.62. The fourth-order valence-corrected chi connectivity index (χ4v) is 4.53. The van der Waals surface area contributed by atoms with Crippen molar-refractivity contribution in [1.29, 1.82) is 0 Å². The number of fused-ring (bicyclic) bond motifs is 2. The number of H-pyrrole nitrogens is 2. The molecule has 1 unspecified atom stereocenters. The quantitative estimate of drug-likeness (QED) is 0.260. The molecule has 0 saturated carbocycles. The molecule has 0 aliphatic carbocycles. The Morgan fingerprint density at radius 2 is 1.86 bits per heavy atom. The third kappa shape index (κ3) is 4.47. The highest BCUT2D eigenvalue weighted by molar-refractivity contribution is 5.96. The number of hydrogen-bond donors (Lipinski definition) is 4. The molecule has 0 spiro atoms. The molecule has 37 heavy (non-hydrogen) atoms. The van der Waals surface area contributed by atoms with Crippen LogP contribution in [0.15, 0.2) is 43.0 Å². The van der Waals surface area contributed by atoms with Crippen LogP contribution in [0, 0.1) is 5.92 Å². The summed E-state index contributed by atoms with van der Waals surface area (Å²) in [5, 5.41) is 21.8. The molecular formula is C26H30N10O. The second kappa shape index (κ2) is 9.41. The zero-order valence-electron chi connectivity index (χ0n) is 21.1. The van der Waals surface area contributed by atoms with Crippen molar-refractivity contribution < 1.29 is 5.11 Å². The lowest BCUT2D eigenvalue weighted by Gasteiger charge is -2.33. The summed E-state index contributed by atoms with van der Waals surface area (Å²) in [6, 6.07) is 5.87. The van der Waals surface area contributed by atoms with Gasteiger partial charge in [0.05, 0.1) is 34.8 Å². The smallest absolute Gasteiger partial charge is 0.159 e. The number of nitrogens with zero attached hydrogens (tertiary/aromatic N) is 7. The van der Waals surface area contributed by atoms with Gasteiger partial charge in [-0.15, -0.1) is 0 Å². The molecule has 11 nitrogen and oxygen atoms in total. The minimum atomic E-state index is -0.661. The summed E-state index contributed by atoms with van der Waals surface area (Å²) in [7, 11) is 2.14.